The zero-order valence-electron chi connectivity index (χ0n) is 6.16. The molecule has 1 saturated carbocycles. The second-order valence-corrected chi connectivity index (χ2v) is 2.87. The normalized spacial score (nSPS) is 24.0. The standard InChI is InChI=1S/C9H16/c1-2-4-6-8-9-7-5-3-1/h1-8H2. The zero-order valence-corrected chi connectivity index (χ0v) is 6.16. The third kappa shape index (κ3) is 3.56. The van der Waals surface area contributed by atoms with Crippen molar-refractivity contribution in [2.75, 3.05) is 0 Å². The highest BCUT2D eigenvalue weighted by molar-refractivity contribution is 4.66. The van der Waals surface area contributed by atoms with Crippen molar-refractivity contribution in [1.29, 1.82) is 0 Å². The Morgan fingerprint density at radius 2 is 1.00 bits per heavy atom. The van der Waals surface area contributed by atoms with Gasteiger partial charge >= 0.3 is 0 Å². The predicted molar refractivity (Wildman–Crippen MR) is 40.2 cm³/mol. The van der Waals surface area contributed by atoms with E-state index in [1.165, 1.54) is 51.4 Å². The van der Waals surface area contributed by atoms with Crippen LogP contribution in [0.4, 0.5) is 0 Å². The molecular formula is C9H16. The molecule has 0 heterocycles. The first-order valence-corrected chi connectivity index (χ1v) is 4.21. The van der Waals surface area contributed by atoms with Gasteiger partial charge in [0.05, 0.1) is 0 Å². The maximum atomic E-state index is 3.43. The maximum Gasteiger partial charge on any atom is -0.0173 e. The van der Waals surface area contributed by atoms with Crippen LogP contribution in [0.2, 0.25) is 0 Å². The summed E-state index contributed by atoms with van der Waals surface area (Å²) in [5.74, 6) is 0. The average Bonchev–Trinajstić information content (AvgIpc) is 2.00. The van der Waals surface area contributed by atoms with Crippen LogP contribution >= 0.6 is 0 Å². The molecule has 2 radical (unpaired) electrons. The minimum atomic E-state index is 1.25. The van der Waals surface area contributed by atoms with Gasteiger partial charge < -0.3 is 0 Å². The van der Waals surface area contributed by atoms with Gasteiger partial charge in [0.2, 0.25) is 0 Å². The highest BCUT2D eigenvalue weighted by Crippen LogP contribution is 2.14. The van der Waals surface area contributed by atoms with Gasteiger partial charge in [0.1, 0.15) is 0 Å². The molecule has 0 nitrogen and oxygen atoms in total. The summed E-state index contributed by atoms with van der Waals surface area (Å²) in [5, 5.41) is 0. The Morgan fingerprint density at radius 3 is 1.56 bits per heavy atom. The van der Waals surface area contributed by atoms with Crippen molar-refractivity contribution in [1.82, 2.24) is 0 Å². The topological polar surface area (TPSA) is 0 Å². The van der Waals surface area contributed by atoms with Crippen molar-refractivity contribution in [3.8, 4) is 0 Å². The largest absolute Gasteiger partial charge is 0.0533 e. The van der Waals surface area contributed by atoms with Crippen molar-refractivity contribution >= 4 is 0 Å². The molecule has 0 aliphatic heterocycles. The van der Waals surface area contributed by atoms with Crippen LogP contribution in [0.25, 0.3) is 0 Å². The van der Waals surface area contributed by atoms with Crippen LogP contribution in [-0.2, 0) is 0 Å². The first-order chi connectivity index (χ1) is 4.50. The Balaban J connectivity index is 2.02. The first kappa shape index (κ1) is 7.11. The van der Waals surface area contributed by atoms with E-state index in [0.29, 0.717) is 0 Å². The summed E-state index contributed by atoms with van der Waals surface area (Å²) in [7, 11) is 0. The van der Waals surface area contributed by atoms with Gasteiger partial charge in [0.15, 0.2) is 0 Å². The van der Waals surface area contributed by atoms with Gasteiger partial charge in [-0.2, -0.15) is 0 Å². The lowest BCUT2D eigenvalue weighted by atomic mass is 10.1. The molecule has 0 N–H and O–H groups in total. The first-order valence-electron chi connectivity index (χ1n) is 4.21. The molecule has 0 aromatic heterocycles. The second-order valence-electron chi connectivity index (χ2n) is 2.87. The Hall–Kier alpha value is 0. The van der Waals surface area contributed by atoms with E-state index in [4.69, 9.17) is 0 Å². The number of hydrogen-bond acceptors (Lipinski definition) is 0. The minimum Gasteiger partial charge on any atom is -0.0533 e. The van der Waals surface area contributed by atoms with E-state index in [0.717, 1.165) is 0 Å². The van der Waals surface area contributed by atoms with E-state index in [1.54, 1.807) is 0 Å². The maximum absolute atomic E-state index is 3.43. The second kappa shape index (κ2) is 4.84. The molecule has 0 aromatic carbocycles. The molecule has 1 rings (SSSR count). The van der Waals surface area contributed by atoms with E-state index in [2.05, 4.69) is 6.42 Å². The van der Waals surface area contributed by atoms with Crippen molar-refractivity contribution in [3.63, 3.8) is 0 Å². The van der Waals surface area contributed by atoms with Crippen molar-refractivity contribution < 1.29 is 0 Å². The molecule has 0 spiro atoms. The van der Waals surface area contributed by atoms with E-state index < -0.39 is 0 Å². The van der Waals surface area contributed by atoms with Crippen LogP contribution in [0.15, 0.2) is 0 Å². The summed E-state index contributed by atoms with van der Waals surface area (Å²) in [6, 6.07) is 0. The Kier molecular flexibility index (Phi) is 3.82. The molecular weight excluding hydrogens is 108 g/mol. The van der Waals surface area contributed by atoms with Crippen molar-refractivity contribution in [2.24, 2.45) is 0 Å². The van der Waals surface area contributed by atoms with Crippen LogP contribution in [0.3, 0.4) is 0 Å². The van der Waals surface area contributed by atoms with Crippen LogP contribution in [-0.4, -0.2) is 0 Å². The number of rotatable bonds is 0. The fraction of sp³-hybridized carbons (Fsp3) is 0.889. The van der Waals surface area contributed by atoms with Gasteiger partial charge in [0, 0.05) is 0 Å². The Morgan fingerprint density at radius 1 is 0.556 bits per heavy atom. The molecule has 0 atom stereocenters. The monoisotopic (exact) mass is 124 g/mol. The zero-order chi connectivity index (χ0) is 6.36. The highest BCUT2D eigenvalue weighted by atomic mass is 14.0. The average molecular weight is 124 g/mol. The summed E-state index contributed by atoms with van der Waals surface area (Å²) < 4.78 is 0. The molecule has 1 aliphatic rings. The lowest BCUT2D eigenvalue weighted by Gasteiger charge is -1.93. The van der Waals surface area contributed by atoms with Gasteiger partial charge in [-0.15, -0.1) is 0 Å². The smallest absolute Gasteiger partial charge is 0.0173 e. The Labute approximate surface area is 58.7 Å². The third-order valence-electron chi connectivity index (χ3n) is 1.96. The SMILES string of the molecule is [C]1CCCCCCCC1. The minimum absolute atomic E-state index is 1.25. The molecule has 0 aromatic rings. The summed E-state index contributed by atoms with van der Waals surface area (Å²) in [5.41, 5.74) is 0. The van der Waals surface area contributed by atoms with E-state index in [9.17, 15) is 0 Å². The van der Waals surface area contributed by atoms with Gasteiger partial charge in [0.25, 0.3) is 0 Å². The molecule has 0 saturated heterocycles. The molecule has 9 heavy (non-hydrogen) atoms. The molecule has 1 fully saturated rings. The van der Waals surface area contributed by atoms with Gasteiger partial charge in [-0.1, -0.05) is 38.5 Å². The Bertz CT molecular complexity index is 28.5. The van der Waals surface area contributed by atoms with Gasteiger partial charge in [-0.25, -0.2) is 0 Å². The molecule has 1 aliphatic carbocycles. The lowest BCUT2D eigenvalue weighted by molar-refractivity contribution is 0.624. The highest BCUT2D eigenvalue weighted by Gasteiger charge is 1.96. The summed E-state index contributed by atoms with van der Waals surface area (Å²) in [4.78, 5) is 0. The molecule has 0 amide bonds. The van der Waals surface area contributed by atoms with Crippen LogP contribution in [0, 0.1) is 6.42 Å². The van der Waals surface area contributed by atoms with E-state index >= 15 is 0 Å². The van der Waals surface area contributed by atoms with Crippen LogP contribution in [0.1, 0.15) is 51.4 Å². The lowest BCUT2D eigenvalue weighted by Crippen LogP contribution is -1.75. The molecule has 0 unspecified atom stereocenters. The predicted octanol–water partition coefficient (Wildman–Crippen LogP) is 3.20. The summed E-state index contributed by atoms with van der Waals surface area (Å²) in [6.45, 7) is 0. The molecule has 52 valence electrons. The van der Waals surface area contributed by atoms with E-state index in [-0.39, 0.29) is 0 Å². The quantitative estimate of drug-likeness (QED) is 0.465. The molecule has 0 heteroatoms. The number of hydrogen-bond donors (Lipinski definition) is 0. The van der Waals surface area contributed by atoms with Crippen molar-refractivity contribution in [2.45, 2.75) is 51.4 Å². The van der Waals surface area contributed by atoms with Gasteiger partial charge in [-0.3, -0.25) is 0 Å². The fourth-order valence-corrected chi connectivity index (χ4v) is 1.33. The van der Waals surface area contributed by atoms with Crippen LogP contribution < -0.4 is 0 Å². The summed E-state index contributed by atoms with van der Waals surface area (Å²) >= 11 is 0. The van der Waals surface area contributed by atoms with Crippen molar-refractivity contribution in [3.05, 3.63) is 6.42 Å². The van der Waals surface area contributed by atoms with Crippen LogP contribution in [0.5, 0.6) is 0 Å². The summed E-state index contributed by atoms with van der Waals surface area (Å²) in [6.07, 6.45) is 14.5. The molecule has 0 bridgehead atoms. The fourth-order valence-electron chi connectivity index (χ4n) is 1.33. The van der Waals surface area contributed by atoms with E-state index in [1.807, 2.05) is 0 Å². The third-order valence-corrected chi connectivity index (χ3v) is 1.96. The van der Waals surface area contributed by atoms with Gasteiger partial charge in [-0.05, 0) is 19.3 Å².